The molecule has 0 saturated heterocycles. The van der Waals surface area contributed by atoms with Crippen LogP contribution in [0.25, 0.3) is 0 Å². The number of furan rings is 1. The molecule has 5 nitrogen and oxygen atoms in total. The van der Waals surface area contributed by atoms with Crippen molar-refractivity contribution in [2.45, 2.75) is 19.4 Å². The highest BCUT2D eigenvalue weighted by Crippen LogP contribution is 2.22. The zero-order chi connectivity index (χ0) is 15.2. The van der Waals surface area contributed by atoms with Crippen molar-refractivity contribution in [3.05, 3.63) is 47.9 Å². The number of methoxy groups -OCH3 is 2. The number of nitrogens with one attached hydrogen (secondary N) is 1. The summed E-state index contributed by atoms with van der Waals surface area (Å²) < 4.78 is 15.4. The van der Waals surface area contributed by atoms with Crippen molar-refractivity contribution in [1.29, 1.82) is 0 Å². The summed E-state index contributed by atoms with van der Waals surface area (Å²) in [6, 6.07) is 6.97. The molecule has 0 fully saturated rings. The quantitative estimate of drug-likeness (QED) is 0.888. The van der Waals surface area contributed by atoms with Crippen LogP contribution in [-0.4, -0.2) is 26.2 Å². The van der Waals surface area contributed by atoms with Gasteiger partial charge in [0.05, 0.1) is 26.7 Å². The van der Waals surface area contributed by atoms with Crippen molar-refractivity contribution in [3.63, 3.8) is 0 Å². The summed E-state index contributed by atoms with van der Waals surface area (Å²) in [5, 5.41) is 2.95. The van der Waals surface area contributed by atoms with E-state index < -0.39 is 0 Å². The maximum absolute atomic E-state index is 12.3. The Morgan fingerprint density at radius 2 is 1.90 bits per heavy atom. The van der Waals surface area contributed by atoms with Crippen LogP contribution in [0.4, 0.5) is 0 Å². The fourth-order valence-electron chi connectivity index (χ4n) is 2.06. The minimum Gasteiger partial charge on any atom is -0.497 e. The highest BCUT2D eigenvalue weighted by molar-refractivity contribution is 5.95. The van der Waals surface area contributed by atoms with Crippen LogP contribution in [0.2, 0.25) is 0 Å². The Hall–Kier alpha value is -2.43. The van der Waals surface area contributed by atoms with Gasteiger partial charge in [-0.3, -0.25) is 4.79 Å². The van der Waals surface area contributed by atoms with Crippen LogP contribution in [0.15, 0.2) is 41.2 Å². The molecule has 112 valence electrons. The molecular weight excluding hydrogens is 270 g/mol. The number of hydrogen-bond acceptors (Lipinski definition) is 4. The largest absolute Gasteiger partial charge is 0.497 e. The van der Waals surface area contributed by atoms with Crippen molar-refractivity contribution in [2.24, 2.45) is 0 Å². The highest BCUT2D eigenvalue weighted by atomic mass is 16.5. The molecule has 0 spiro atoms. The summed E-state index contributed by atoms with van der Waals surface area (Å²) in [6.07, 6.45) is 4.01. The molecule has 1 heterocycles. The topological polar surface area (TPSA) is 60.7 Å². The van der Waals surface area contributed by atoms with Crippen LogP contribution in [-0.2, 0) is 6.42 Å². The summed E-state index contributed by atoms with van der Waals surface area (Å²) in [6.45, 7) is 1.95. The van der Waals surface area contributed by atoms with Crippen molar-refractivity contribution < 1.29 is 18.7 Å². The first kappa shape index (κ1) is 15.0. The van der Waals surface area contributed by atoms with Crippen LogP contribution >= 0.6 is 0 Å². The Labute approximate surface area is 123 Å². The van der Waals surface area contributed by atoms with Gasteiger partial charge in [-0.05, 0) is 37.1 Å². The minimum atomic E-state index is -0.164. The molecule has 1 atom stereocenters. The second-order valence-corrected chi connectivity index (χ2v) is 4.81. The number of benzene rings is 1. The fourth-order valence-corrected chi connectivity index (χ4v) is 2.06. The van der Waals surface area contributed by atoms with Crippen molar-refractivity contribution >= 4 is 5.91 Å². The zero-order valence-electron chi connectivity index (χ0n) is 12.4. The lowest BCUT2D eigenvalue weighted by Gasteiger charge is -2.14. The van der Waals surface area contributed by atoms with E-state index >= 15 is 0 Å². The van der Waals surface area contributed by atoms with E-state index in [0.29, 0.717) is 23.5 Å². The summed E-state index contributed by atoms with van der Waals surface area (Å²) in [5.41, 5.74) is 1.55. The SMILES string of the molecule is COc1cc(OC)cc(C(=O)N[C@@H](C)Cc2ccoc2)c1. The molecule has 0 bridgehead atoms. The van der Waals surface area contributed by atoms with Gasteiger partial charge in [-0.15, -0.1) is 0 Å². The van der Waals surface area contributed by atoms with E-state index in [9.17, 15) is 4.79 Å². The van der Waals surface area contributed by atoms with Crippen LogP contribution in [0.5, 0.6) is 11.5 Å². The number of hydrogen-bond donors (Lipinski definition) is 1. The molecule has 0 unspecified atom stereocenters. The smallest absolute Gasteiger partial charge is 0.251 e. The maximum atomic E-state index is 12.3. The molecule has 1 aromatic carbocycles. The molecule has 1 amide bonds. The molecule has 21 heavy (non-hydrogen) atoms. The van der Waals surface area contributed by atoms with Crippen LogP contribution in [0.1, 0.15) is 22.8 Å². The van der Waals surface area contributed by atoms with Gasteiger partial charge in [0.15, 0.2) is 0 Å². The third kappa shape index (κ3) is 4.02. The number of carbonyl (C=O) groups excluding carboxylic acids is 1. The lowest BCUT2D eigenvalue weighted by molar-refractivity contribution is 0.0939. The van der Waals surface area contributed by atoms with Crippen molar-refractivity contribution in [2.75, 3.05) is 14.2 Å². The molecule has 0 aliphatic carbocycles. The zero-order valence-corrected chi connectivity index (χ0v) is 12.4. The van der Waals surface area contributed by atoms with E-state index in [2.05, 4.69) is 5.32 Å². The number of carbonyl (C=O) groups is 1. The minimum absolute atomic E-state index is 0.00713. The summed E-state index contributed by atoms with van der Waals surface area (Å²) in [7, 11) is 3.11. The van der Waals surface area contributed by atoms with Crippen molar-refractivity contribution in [3.8, 4) is 11.5 Å². The molecular formula is C16H19NO4. The van der Waals surface area contributed by atoms with E-state index in [1.165, 1.54) is 0 Å². The van der Waals surface area contributed by atoms with E-state index in [1.54, 1.807) is 44.9 Å². The van der Waals surface area contributed by atoms with Crippen LogP contribution in [0, 0.1) is 0 Å². The molecule has 1 aromatic heterocycles. The van der Waals surface area contributed by atoms with E-state index in [1.807, 2.05) is 13.0 Å². The lowest BCUT2D eigenvalue weighted by Crippen LogP contribution is -2.34. The number of ether oxygens (including phenoxy) is 2. The average Bonchev–Trinajstić information content (AvgIpc) is 2.99. The second kappa shape index (κ2) is 6.83. The van der Waals surface area contributed by atoms with E-state index in [0.717, 1.165) is 5.56 Å². The van der Waals surface area contributed by atoms with Gasteiger partial charge in [0.2, 0.25) is 0 Å². The molecule has 0 saturated carbocycles. The van der Waals surface area contributed by atoms with Gasteiger partial charge in [-0.1, -0.05) is 0 Å². The van der Waals surface area contributed by atoms with Gasteiger partial charge in [-0.25, -0.2) is 0 Å². The summed E-state index contributed by atoms with van der Waals surface area (Å²) >= 11 is 0. The third-order valence-corrected chi connectivity index (χ3v) is 3.11. The standard InChI is InChI=1S/C16H19NO4/c1-11(6-12-4-5-21-10-12)17-16(18)13-7-14(19-2)9-15(8-13)20-3/h4-5,7-11H,6H2,1-3H3,(H,17,18)/t11-/m0/s1. The predicted octanol–water partition coefficient (Wildman–Crippen LogP) is 2.66. The van der Waals surface area contributed by atoms with Gasteiger partial charge in [0, 0.05) is 17.7 Å². The molecule has 2 rings (SSSR count). The van der Waals surface area contributed by atoms with Crippen LogP contribution < -0.4 is 14.8 Å². The third-order valence-electron chi connectivity index (χ3n) is 3.11. The molecule has 0 aliphatic heterocycles. The van der Waals surface area contributed by atoms with Gasteiger partial charge in [-0.2, -0.15) is 0 Å². The predicted molar refractivity (Wildman–Crippen MR) is 78.9 cm³/mol. The summed E-state index contributed by atoms with van der Waals surface area (Å²) in [4.78, 5) is 12.3. The molecule has 1 N–H and O–H groups in total. The summed E-state index contributed by atoms with van der Waals surface area (Å²) in [5.74, 6) is 1.01. The number of rotatable bonds is 6. The Kier molecular flexibility index (Phi) is 4.87. The molecule has 2 aromatic rings. The number of amides is 1. The first-order valence-electron chi connectivity index (χ1n) is 6.67. The normalized spacial score (nSPS) is 11.8. The Morgan fingerprint density at radius 3 is 2.43 bits per heavy atom. The lowest BCUT2D eigenvalue weighted by atomic mass is 10.1. The van der Waals surface area contributed by atoms with Gasteiger partial charge in [0.25, 0.3) is 5.91 Å². The first-order valence-corrected chi connectivity index (χ1v) is 6.67. The van der Waals surface area contributed by atoms with Crippen molar-refractivity contribution in [1.82, 2.24) is 5.32 Å². The second-order valence-electron chi connectivity index (χ2n) is 4.81. The Morgan fingerprint density at radius 1 is 1.24 bits per heavy atom. The maximum Gasteiger partial charge on any atom is 0.251 e. The van der Waals surface area contributed by atoms with E-state index in [-0.39, 0.29) is 11.9 Å². The molecule has 0 radical (unpaired) electrons. The van der Waals surface area contributed by atoms with Gasteiger partial charge in [0.1, 0.15) is 11.5 Å². The Bertz CT molecular complexity index is 570. The molecule has 5 heteroatoms. The molecule has 0 aliphatic rings. The van der Waals surface area contributed by atoms with E-state index in [4.69, 9.17) is 13.9 Å². The monoisotopic (exact) mass is 289 g/mol. The van der Waals surface area contributed by atoms with Gasteiger partial charge < -0.3 is 19.2 Å². The average molecular weight is 289 g/mol. The Balaban J connectivity index is 2.05. The van der Waals surface area contributed by atoms with Crippen LogP contribution in [0.3, 0.4) is 0 Å². The van der Waals surface area contributed by atoms with Gasteiger partial charge >= 0.3 is 0 Å². The first-order chi connectivity index (χ1) is 10.1. The fraction of sp³-hybridized carbons (Fsp3) is 0.312. The highest BCUT2D eigenvalue weighted by Gasteiger charge is 2.13.